The molecule has 0 aliphatic heterocycles. The molecule has 18 heavy (non-hydrogen) atoms. The fraction of sp³-hybridized carbons (Fsp3) is 0.308. The highest BCUT2D eigenvalue weighted by Gasteiger charge is 2.07. The summed E-state index contributed by atoms with van der Waals surface area (Å²) in [5.41, 5.74) is 0.689. The number of hydrogen-bond donors (Lipinski definition) is 1. The third-order valence-corrected chi connectivity index (χ3v) is 1.88. The molecule has 1 aromatic heterocycles. The van der Waals surface area contributed by atoms with Crippen LogP contribution in [0, 0.1) is 11.8 Å². The van der Waals surface area contributed by atoms with Crippen molar-refractivity contribution in [3.8, 4) is 11.8 Å². The van der Waals surface area contributed by atoms with Gasteiger partial charge < -0.3 is 10.1 Å². The van der Waals surface area contributed by atoms with Gasteiger partial charge in [0.2, 0.25) is 5.91 Å². The van der Waals surface area contributed by atoms with Crippen molar-refractivity contribution in [2.45, 2.75) is 13.8 Å². The second kappa shape index (κ2) is 7.07. The monoisotopic (exact) mass is 246 g/mol. The predicted molar refractivity (Wildman–Crippen MR) is 65.8 cm³/mol. The van der Waals surface area contributed by atoms with E-state index in [-0.39, 0.29) is 18.1 Å². The molecule has 0 aliphatic rings. The number of carbonyl (C=O) groups is 2. The third-order valence-electron chi connectivity index (χ3n) is 1.88. The van der Waals surface area contributed by atoms with Gasteiger partial charge in [-0.15, -0.1) is 0 Å². The maximum Gasteiger partial charge on any atom is 0.356 e. The molecule has 0 spiro atoms. The Labute approximate surface area is 106 Å². The third kappa shape index (κ3) is 4.66. The summed E-state index contributed by atoms with van der Waals surface area (Å²) in [6.07, 6.45) is 0. The van der Waals surface area contributed by atoms with Crippen LogP contribution < -0.4 is 5.32 Å². The van der Waals surface area contributed by atoms with Gasteiger partial charge in [-0.25, -0.2) is 9.78 Å². The Morgan fingerprint density at radius 2 is 2.22 bits per heavy atom. The fourth-order valence-electron chi connectivity index (χ4n) is 1.13. The molecule has 0 saturated heterocycles. The van der Waals surface area contributed by atoms with Crippen LogP contribution in [0.3, 0.4) is 0 Å². The van der Waals surface area contributed by atoms with Crippen LogP contribution in [0.4, 0.5) is 0 Å². The summed E-state index contributed by atoms with van der Waals surface area (Å²) in [6.45, 7) is 3.70. The van der Waals surface area contributed by atoms with E-state index in [0.717, 1.165) is 0 Å². The number of esters is 1. The van der Waals surface area contributed by atoms with Crippen LogP contribution in [-0.2, 0) is 9.53 Å². The van der Waals surface area contributed by atoms with E-state index in [4.69, 9.17) is 4.74 Å². The SMILES string of the molecule is CCOC(=O)c1cccc(C#CCNC(C)=O)n1. The molecular formula is C13H14N2O3. The van der Waals surface area contributed by atoms with E-state index in [0.29, 0.717) is 12.3 Å². The van der Waals surface area contributed by atoms with E-state index in [2.05, 4.69) is 22.1 Å². The molecule has 1 rings (SSSR count). The molecule has 0 bridgehead atoms. The zero-order chi connectivity index (χ0) is 13.4. The van der Waals surface area contributed by atoms with Gasteiger partial charge in [-0.2, -0.15) is 0 Å². The van der Waals surface area contributed by atoms with Gasteiger partial charge in [0.15, 0.2) is 0 Å². The van der Waals surface area contributed by atoms with Crippen molar-refractivity contribution in [1.82, 2.24) is 10.3 Å². The highest BCUT2D eigenvalue weighted by atomic mass is 16.5. The maximum absolute atomic E-state index is 11.4. The number of rotatable bonds is 3. The van der Waals surface area contributed by atoms with Crippen molar-refractivity contribution in [2.24, 2.45) is 0 Å². The summed E-state index contributed by atoms with van der Waals surface area (Å²) >= 11 is 0. The van der Waals surface area contributed by atoms with Crippen LogP contribution in [-0.4, -0.2) is 30.0 Å². The highest BCUT2D eigenvalue weighted by Crippen LogP contribution is 2.00. The number of nitrogens with zero attached hydrogens (tertiary/aromatic N) is 1. The minimum absolute atomic E-state index is 0.141. The van der Waals surface area contributed by atoms with Crippen molar-refractivity contribution >= 4 is 11.9 Å². The maximum atomic E-state index is 11.4. The number of hydrogen-bond acceptors (Lipinski definition) is 4. The summed E-state index contributed by atoms with van der Waals surface area (Å²) in [7, 11) is 0. The first-order chi connectivity index (χ1) is 8.63. The summed E-state index contributed by atoms with van der Waals surface area (Å²) in [5.74, 6) is 4.88. The van der Waals surface area contributed by atoms with Crippen molar-refractivity contribution < 1.29 is 14.3 Å². The van der Waals surface area contributed by atoms with E-state index in [1.54, 1.807) is 25.1 Å². The Morgan fingerprint density at radius 3 is 2.89 bits per heavy atom. The zero-order valence-electron chi connectivity index (χ0n) is 10.3. The first-order valence-electron chi connectivity index (χ1n) is 5.51. The Hall–Kier alpha value is -2.35. The van der Waals surface area contributed by atoms with Crippen LogP contribution in [0.1, 0.15) is 30.0 Å². The molecule has 0 radical (unpaired) electrons. The molecule has 94 valence electrons. The number of carbonyl (C=O) groups excluding carboxylic acids is 2. The normalized spacial score (nSPS) is 9.00. The lowest BCUT2D eigenvalue weighted by Gasteiger charge is -2.00. The molecule has 5 nitrogen and oxygen atoms in total. The van der Waals surface area contributed by atoms with E-state index in [1.807, 2.05) is 0 Å². The van der Waals surface area contributed by atoms with Gasteiger partial charge in [-0.3, -0.25) is 4.79 Å². The number of pyridine rings is 1. The number of nitrogens with one attached hydrogen (secondary N) is 1. The molecule has 0 saturated carbocycles. The lowest BCUT2D eigenvalue weighted by Crippen LogP contribution is -2.19. The quantitative estimate of drug-likeness (QED) is 0.631. The Bertz CT molecular complexity index is 500. The lowest BCUT2D eigenvalue weighted by atomic mass is 10.3. The zero-order valence-corrected chi connectivity index (χ0v) is 10.3. The van der Waals surface area contributed by atoms with E-state index in [1.165, 1.54) is 6.92 Å². The van der Waals surface area contributed by atoms with Gasteiger partial charge in [-0.05, 0) is 25.0 Å². The average molecular weight is 246 g/mol. The first-order valence-corrected chi connectivity index (χ1v) is 5.51. The molecule has 1 amide bonds. The number of amides is 1. The van der Waals surface area contributed by atoms with Gasteiger partial charge in [-0.1, -0.05) is 12.0 Å². The lowest BCUT2D eigenvalue weighted by molar-refractivity contribution is -0.118. The summed E-state index contributed by atoms with van der Waals surface area (Å²) in [6, 6.07) is 4.93. The molecule has 0 atom stereocenters. The summed E-state index contributed by atoms with van der Waals surface area (Å²) in [4.78, 5) is 26.1. The predicted octanol–water partition coefficient (Wildman–Crippen LogP) is 0.746. The Kier molecular flexibility index (Phi) is 5.39. The Balaban J connectivity index is 2.70. The molecule has 5 heteroatoms. The van der Waals surface area contributed by atoms with Gasteiger partial charge in [0.25, 0.3) is 0 Å². The largest absolute Gasteiger partial charge is 0.461 e. The topological polar surface area (TPSA) is 68.3 Å². The second-order valence-electron chi connectivity index (χ2n) is 3.34. The van der Waals surface area contributed by atoms with Gasteiger partial charge in [0.1, 0.15) is 11.4 Å². The molecule has 0 unspecified atom stereocenters. The van der Waals surface area contributed by atoms with Crippen molar-refractivity contribution in [3.05, 3.63) is 29.6 Å². The molecular weight excluding hydrogens is 232 g/mol. The number of ether oxygens (including phenoxy) is 1. The van der Waals surface area contributed by atoms with E-state index >= 15 is 0 Å². The summed E-state index contributed by atoms with van der Waals surface area (Å²) < 4.78 is 4.83. The van der Waals surface area contributed by atoms with Crippen LogP contribution >= 0.6 is 0 Å². The Morgan fingerprint density at radius 1 is 1.44 bits per heavy atom. The van der Waals surface area contributed by atoms with E-state index < -0.39 is 5.97 Å². The van der Waals surface area contributed by atoms with Crippen molar-refractivity contribution in [3.63, 3.8) is 0 Å². The molecule has 1 aromatic rings. The van der Waals surface area contributed by atoms with Crippen molar-refractivity contribution in [2.75, 3.05) is 13.2 Å². The van der Waals surface area contributed by atoms with E-state index in [9.17, 15) is 9.59 Å². The number of aromatic nitrogens is 1. The molecule has 0 aromatic carbocycles. The van der Waals surface area contributed by atoms with Crippen LogP contribution in [0.15, 0.2) is 18.2 Å². The van der Waals surface area contributed by atoms with Crippen molar-refractivity contribution in [1.29, 1.82) is 0 Å². The fourth-order valence-corrected chi connectivity index (χ4v) is 1.13. The smallest absolute Gasteiger partial charge is 0.356 e. The van der Waals surface area contributed by atoms with Gasteiger partial charge in [0, 0.05) is 6.92 Å². The summed E-state index contributed by atoms with van der Waals surface area (Å²) in [5, 5.41) is 2.54. The second-order valence-corrected chi connectivity index (χ2v) is 3.34. The molecule has 1 N–H and O–H groups in total. The standard InChI is InChI=1S/C13H14N2O3/c1-3-18-13(17)12-8-4-6-11(15-12)7-5-9-14-10(2)16/h4,6,8H,3,9H2,1-2H3,(H,14,16). The van der Waals surface area contributed by atoms with Gasteiger partial charge in [0.05, 0.1) is 13.2 Å². The highest BCUT2D eigenvalue weighted by molar-refractivity contribution is 5.87. The molecule has 0 fully saturated rings. The average Bonchev–Trinajstić information content (AvgIpc) is 2.35. The molecule has 0 aliphatic carbocycles. The molecule has 1 heterocycles. The van der Waals surface area contributed by atoms with Crippen LogP contribution in [0.25, 0.3) is 0 Å². The minimum Gasteiger partial charge on any atom is -0.461 e. The van der Waals surface area contributed by atoms with Crippen LogP contribution in [0.2, 0.25) is 0 Å². The van der Waals surface area contributed by atoms with Gasteiger partial charge >= 0.3 is 5.97 Å². The van der Waals surface area contributed by atoms with Crippen LogP contribution in [0.5, 0.6) is 0 Å². The minimum atomic E-state index is -0.469. The first kappa shape index (κ1) is 13.7.